The molecule has 2 rings (SSSR count). The number of aliphatic carboxylic acids is 1. The second kappa shape index (κ2) is 7.14. The van der Waals surface area contributed by atoms with Crippen LogP contribution in [0.25, 0.3) is 0 Å². The van der Waals surface area contributed by atoms with Crippen LogP contribution in [0.15, 0.2) is 48.5 Å². The van der Waals surface area contributed by atoms with Gasteiger partial charge in [0.15, 0.2) is 0 Å². The van der Waals surface area contributed by atoms with Crippen LogP contribution < -0.4 is 4.90 Å². The van der Waals surface area contributed by atoms with Gasteiger partial charge in [0.05, 0.1) is 6.42 Å². The van der Waals surface area contributed by atoms with E-state index in [0.29, 0.717) is 18.1 Å². The SMILES string of the molecule is Cc1c(Cl)cccc1N(CCC(=O)O)Cc1ccccc1. The van der Waals surface area contributed by atoms with Crippen molar-refractivity contribution in [2.45, 2.75) is 19.9 Å². The fourth-order valence-corrected chi connectivity index (χ4v) is 2.43. The number of benzene rings is 2. The third-order valence-corrected chi connectivity index (χ3v) is 3.80. The molecule has 4 heteroatoms. The zero-order valence-corrected chi connectivity index (χ0v) is 12.7. The van der Waals surface area contributed by atoms with Crippen molar-refractivity contribution in [3.8, 4) is 0 Å². The van der Waals surface area contributed by atoms with Crippen LogP contribution in [0.2, 0.25) is 5.02 Å². The second-order valence-electron chi connectivity index (χ2n) is 4.93. The topological polar surface area (TPSA) is 40.5 Å². The highest BCUT2D eigenvalue weighted by Crippen LogP contribution is 2.27. The van der Waals surface area contributed by atoms with Gasteiger partial charge in [0.25, 0.3) is 0 Å². The minimum Gasteiger partial charge on any atom is -0.481 e. The van der Waals surface area contributed by atoms with Crippen molar-refractivity contribution in [2.24, 2.45) is 0 Å². The number of anilines is 1. The number of nitrogens with zero attached hydrogens (tertiary/aromatic N) is 1. The van der Waals surface area contributed by atoms with E-state index < -0.39 is 5.97 Å². The molecule has 0 aromatic heterocycles. The summed E-state index contributed by atoms with van der Waals surface area (Å²) in [5.41, 5.74) is 3.09. The van der Waals surface area contributed by atoms with E-state index in [2.05, 4.69) is 4.90 Å². The molecule has 0 saturated carbocycles. The molecule has 110 valence electrons. The molecule has 0 radical (unpaired) electrons. The first-order valence-electron chi connectivity index (χ1n) is 6.83. The Kier molecular flexibility index (Phi) is 5.23. The van der Waals surface area contributed by atoms with Crippen molar-refractivity contribution in [1.29, 1.82) is 0 Å². The summed E-state index contributed by atoms with van der Waals surface area (Å²) in [4.78, 5) is 12.9. The molecule has 2 aromatic carbocycles. The lowest BCUT2D eigenvalue weighted by Crippen LogP contribution is -2.26. The number of hydrogen-bond donors (Lipinski definition) is 1. The molecule has 0 saturated heterocycles. The third-order valence-electron chi connectivity index (χ3n) is 3.39. The largest absolute Gasteiger partial charge is 0.481 e. The summed E-state index contributed by atoms with van der Waals surface area (Å²) in [7, 11) is 0. The van der Waals surface area contributed by atoms with Crippen molar-refractivity contribution >= 4 is 23.3 Å². The van der Waals surface area contributed by atoms with Crippen LogP contribution in [-0.2, 0) is 11.3 Å². The van der Waals surface area contributed by atoms with Gasteiger partial charge < -0.3 is 10.0 Å². The molecule has 1 N–H and O–H groups in total. The number of rotatable bonds is 6. The van der Waals surface area contributed by atoms with Gasteiger partial charge in [-0.15, -0.1) is 0 Å². The number of carboxylic acid groups (broad SMARTS) is 1. The summed E-state index contributed by atoms with van der Waals surface area (Å²) < 4.78 is 0. The van der Waals surface area contributed by atoms with E-state index in [1.54, 1.807) is 0 Å². The number of halogens is 1. The molecule has 0 fully saturated rings. The van der Waals surface area contributed by atoms with Gasteiger partial charge in [-0.05, 0) is 30.2 Å². The van der Waals surface area contributed by atoms with Gasteiger partial charge in [-0.2, -0.15) is 0 Å². The fourth-order valence-electron chi connectivity index (χ4n) is 2.26. The Hall–Kier alpha value is -2.00. The zero-order chi connectivity index (χ0) is 15.2. The van der Waals surface area contributed by atoms with Gasteiger partial charge >= 0.3 is 5.97 Å². The molecule has 3 nitrogen and oxygen atoms in total. The van der Waals surface area contributed by atoms with Crippen molar-refractivity contribution in [3.63, 3.8) is 0 Å². The molecule has 21 heavy (non-hydrogen) atoms. The van der Waals surface area contributed by atoms with Gasteiger partial charge in [0, 0.05) is 23.8 Å². The highest BCUT2D eigenvalue weighted by Gasteiger charge is 2.13. The Bertz CT molecular complexity index is 613. The Morgan fingerprint density at radius 3 is 2.52 bits per heavy atom. The van der Waals surface area contributed by atoms with E-state index in [-0.39, 0.29) is 6.42 Å². The minimum atomic E-state index is -0.798. The first kappa shape index (κ1) is 15.4. The molecule has 0 atom stereocenters. The molecule has 0 spiro atoms. The number of hydrogen-bond acceptors (Lipinski definition) is 2. The van der Waals surface area contributed by atoms with Crippen molar-refractivity contribution in [3.05, 3.63) is 64.7 Å². The third kappa shape index (κ3) is 4.23. The summed E-state index contributed by atoms with van der Waals surface area (Å²) in [6, 6.07) is 15.7. The highest BCUT2D eigenvalue weighted by molar-refractivity contribution is 6.31. The summed E-state index contributed by atoms with van der Waals surface area (Å²) in [5, 5.41) is 9.64. The summed E-state index contributed by atoms with van der Waals surface area (Å²) >= 11 is 6.18. The van der Waals surface area contributed by atoms with E-state index in [0.717, 1.165) is 16.8 Å². The Morgan fingerprint density at radius 1 is 1.14 bits per heavy atom. The average molecular weight is 304 g/mol. The van der Waals surface area contributed by atoms with Crippen LogP contribution in [-0.4, -0.2) is 17.6 Å². The van der Waals surface area contributed by atoms with E-state index in [9.17, 15) is 4.79 Å². The van der Waals surface area contributed by atoms with Gasteiger partial charge in [-0.1, -0.05) is 48.0 Å². The predicted octanol–water partition coefficient (Wildman–Crippen LogP) is 4.13. The molecular formula is C17H18ClNO2. The molecule has 0 heterocycles. The van der Waals surface area contributed by atoms with Crippen LogP contribution in [0, 0.1) is 6.92 Å². The first-order chi connectivity index (χ1) is 10.1. The van der Waals surface area contributed by atoms with E-state index in [4.69, 9.17) is 16.7 Å². The lowest BCUT2D eigenvalue weighted by atomic mass is 10.1. The lowest BCUT2D eigenvalue weighted by molar-refractivity contribution is -0.136. The van der Waals surface area contributed by atoms with Crippen molar-refractivity contribution < 1.29 is 9.90 Å². The second-order valence-corrected chi connectivity index (χ2v) is 5.34. The average Bonchev–Trinajstić information content (AvgIpc) is 2.47. The smallest absolute Gasteiger partial charge is 0.305 e. The first-order valence-corrected chi connectivity index (χ1v) is 7.21. The van der Waals surface area contributed by atoms with Crippen LogP contribution in [0.4, 0.5) is 5.69 Å². The molecule has 0 aliphatic rings. The maximum atomic E-state index is 10.9. The maximum absolute atomic E-state index is 10.9. The van der Waals surface area contributed by atoms with E-state index in [1.807, 2.05) is 55.5 Å². The maximum Gasteiger partial charge on any atom is 0.305 e. The fraction of sp³-hybridized carbons (Fsp3) is 0.235. The summed E-state index contributed by atoms with van der Waals surface area (Å²) in [6.07, 6.45) is 0.0960. The van der Waals surface area contributed by atoms with Gasteiger partial charge in [0.2, 0.25) is 0 Å². The van der Waals surface area contributed by atoms with Gasteiger partial charge in [-0.3, -0.25) is 4.79 Å². The zero-order valence-electron chi connectivity index (χ0n) is 11.9. The van der Waals surface area contributed by atoms with Crippen LogP contribution >= 0.6 is 11.6 Å². The lowest BCUT2D eigenvalue weighted by Gasteiger charge is -2.26. The Balaban J connectivity index is 2.27. The standard InChI is InChI=1S/C17H18ClNO2/c1-13-15(18)8-5-9-16(13)19(11-10-17(20)21)12-14-6-3-2-4-7-14/h2-9H,10-12H2,1H3,(H,20,21). The Labute approximate surface area is 129 Å². The predicted molar refractivity (Wildman–Crippen MR) is 85.9 cm³/mol. The van der Waals surface area contributed by atoms with Crippen molar-refractivity contribution in [1.82, 2.24) is 0 Å². The monoisotopic (exact) mass is 303 g/mol. The van der Waals surface area contributed by atoms with Crippen molar-refractivity contribution in [2.75, 3.05) is 11.4 Å². The van der Waals surface area contributed by atoms with Gasteiger partial charge in [-0.25, -0.2) is 0 Å². The van der Waals surface area contributed by atoms with Crippen LogP contribution in [0.5, 0.6) is 0 Å². The molecule has 0 aliphatic heterocycles. The molecular weight excluding hydrogens is 286 g/mol. The minimum absolute atomic E-state index is 0.0960. The van der Waals surface area contributed by atoms with Gasteiger partial charge in [0.1, 0.15) is 0 Å². The molecule has 0 unspecified atom stereocenters. The molecule has 0 amide bonds. The molecule has 2 aromatic rings. The summed E-state index contributed by atoms with van der Waals surface area (Å²) in [6.45, 7) is 3.07. The summed E-state index contributed by atoms with van der Waals surface area (Å²) in [5.74, 6) is -0.798. The molecule has 0 aliphatic carbocycles. The quantitative estimate of drug-likeness (QED) is 0.872. The number of carboxylic acids is 1. The van der Waals surface area contributed by atoms with E-state index in [1.165, 1.54) is 0 Å². The normalized spacial score (nSPS) is 10.4. The number of carbonyl (C=O) groups is 1. The molecule has 0 bridgehead atoms. The highest BCUT2D eigenvalue weighted by atomic mass is 35.5. The van der Waals surface area contributed by atoms with Crippen LogP contribution in [0.3, 0.4) is 0 Å². The van der Waals surface area contributed by atoms with E-state index >= 15 is 0 Å². The van der Waals surface area contributed by atoms with Crippen LogP contribution in [0.1, 0.15) is 17.5 Å². The Morgan fingerprint density at radius 2 is 1.86 bits per heavy atom.